The van der Waals surface area contributed by atoms with Crippen LogP contribution in [0.2, 0.25) is 0 Å². The molecule has 1 heterocycles. The van der Waals surface area contributed by atoms with Gasteiger partial charge in [0.1, 0.15) is 0 Å². The zero-order valence-corrected chi connectivity index (χ0v) is 7.92. The number of hydrogen-bond donors (Lipinski definition) is 2. The Morgan fingerprint density at radius 3 is 3.00 bits per heavy atom. The van der Waals surface area contributed by atoms with Crippen LogP contribution in [0.15, 0.2) is 0 Å². The van der Waals surface area contributed by atoms with Crippen LogP contribution in [0.1, 0.15) is 19.8 Å². The topological polar surface area (TPSA) is 35.5 Å². The van der Waals surface area contributed by atoms with E-state index in [1.807, 2.05) is 6.92 Å². The van der Waals surface area contributed by atoms with Crippen LogP contribution in [0.4, 0.5) is 0 Å². The molecule has 1 fully saturated rings. The maximum atomic E-state index is 9.44. The van der Waals surface area contributed by atoms with Crippen LogP contribution in [0.25, 0.3) is 0 Å². The Morgan fingerprint density at radius 2 is 2.25 bits per heavy atom. The van der Waals surface area contributed by atoms with E-state index in [4.69, 9.17) is 0 Å². The molecular formula is C9H20N2O. The summed E-state index contributed by atoms with van der Waals surface area (Å²) >= 11 is 0. The molecule has 0 amide bonds. The summed E-state index contributed by atoms with van der Waals surface area (Å²) in [6, 6.07) is 0. The van der Waals surface area contributed by atoms with Crippen molar-refractivity contribution in [2.24, 2.45) is 0 Å². The summed E-state index contributed by atoms with van der Waals surface area (Å²) in [5, 5.41) is 12.8. The number of aliphatic hydroxyl groups is 1. The quantitative estimate of drug-likeness (QED) is 0.631. The Kier molecular flexibility index (Phi) is 4.58. The van der Waals surface area contributed by atoms with Gasteiger partial charge in [0.05, 0.1) is 6.10 Å². The van der Waals surface area contributed by atoms with Crippen molar-refractivity contribution >= 4 is 0 Å². The molecule has 0 aromatic rings. The summed E-state index contributed by atoms with van der Waals surface area (Å²) in [4.78, 5) is 2.34. The second-order valence-electron chi connectivity index (χ2n) is 3.47. The van der Waals surface area contributed by atoms with Crippen molar-refractivity contribution in [1.82, 2.24) is 10.2 Å². The second kappa shape index (κ2) is 5.51. The van der Waals surface area contributed by atoms with E-state index in [1.165, 1.54) is 6.42 Å². The molecule has 72 valence electrons. The molecule has 2 N–H and O–H groups in total. The van der Waals surface area contributed by atoms with Gasteiger partial charge in [-0.25, -0.2) is 0 Å². The summed E-state index contributed by atoms with van der Waals surface area (Å²) in [7, 11) is 0. The van der Waals surface area contributed by atoms with Crippen molar-refractivity contribution in [3.05, 3.63) is 0 Å². The molecule has 1 rings (SSSR count). The van der Waals surface area contributed by atoms with E-state index >= 15 is 0 Å². The van der Waals surface area contributed by atoms with Crippen LogP contribution in [-0.2, 0) is 0 Å². The highest BCUT2D eigenvalue weighted by molar-refractivity contribution is 4.68. The molecule has 0 unspecified atom stereocenters. The third-order valence-electron chi connectivity index (χ3n) is 2.37. The molecule has 0 saturated carbocycles. The molecule has 0 aliphatic carbocycles. The van der Waals surface area contributed by atoms with Gasteiger partial charge in [-0.3, -0.25) is 4.90 Å². The van der Waals surface area contributed by atoms with Gasteiger partial charge in [-0.1, -0.05) is 6.92 Å². The molecule has 1 aliphatic heterocycles. The van der Waals surface area contributed by atoms with Gasteiger partial charge in [0.15, 0.2) is 0 Å². The smallest absolute Gasteiger partial charge is 0.0664 e. The Balaban J connectivity index is 2.20. The summed E-state index contributed by atoms with van der Waals surface area (Å²) in [5.74, 6) is 0. The Morgan fingerprint density at radius 1 is 1.42 bits per heavy atom. The zero-order valence-electron chi connectivity index (χ0n) is 7.92. The summed E-state index contributed by atoms with van der Waals surface area (Å²) in [6.45, 7) is 7.27. The standard InChI is InChI=1S/C9H20N2O/c1-2-9(12)8-11-6-3-4-10-5-7-11/h9-10,12H,2-8H2,1H3/t9-/m1/s1. The first-order valence-electron chi connectivity index (χ1n) is 4.94. The molecule has 0 aromatic heterocycles. The minimum Gasteiger partial charge on any atom is -0.392 e. The van der Waals surface area contributed by atoms with E-state index < -0.39 is 0 Å². The number of nitrogens with one attached hydrogen (secondary N) is 1. The summed E-state index contributed by atoms with van der Waals surface area (Å²) < 4.78 is 0. The van der Waals surface area contributed by atoms with E-state index in [2.05, 4.69) is 10.2 Å². The van der Waals surface area contributed by atoms with E-state index in [1.54, 1.807) is 0 Å². The molecule has 12 heavy (non-hydrogen) atoms. The predicted octanol–water partition coefficient (Wildman–Crippen LogP) is 0.0526. The molecule has 0 aromatic carbocycles. The van der Waals surface area contributed by atoms with Crippen LogP contribution < -0.4 is 5.32 Å². The first-order chi connectivity index (χ1) is 5.83. The molecule has 1 saturated heterocycles. The fourth-order valence-electron chi connectivity index (χ4n) is 1.51. The first kappa shape index (κ1) is 9.96. The average molecular weight is 172 g/mol. The first-order valence-corrected chi connectivity index (χ1v) is 4.94. The fourth-order valence-corrected chi connectivity index (χ4v) is 1.51. The number of β-amino-alcohol motifs (C(OH)–C–C–N with tert-alkyl or cyclic N) is 1. The largest absolute Gasteiger partial charge is 0.392 e. The van der Waals surface area contributed by atoms with Crippen LogP contribution >= 0.6 is 0 Å². The highest BCUT2D eigenvalue weighted by Crippen LogP contribution is 1.99. The molecule has 1 atom stereocenters. The molecular weight excluding hydrogens is 152 g/mol. The number of aliphatic hydroxyl groups excluding tert-OH is 1. The molecule has 0 radical (unpaired) electrons. The Hall–Kier alpha value is -0.120. The van der Waals surface area contributed by atoms with Crippen LogP contribution in [0, 0.1) is 0 Å². The SMILES string of the molecule is CC[C@@H](O)CN1CCCNCC1. The molecule has 0 bridgehead atoms. The van der Waals surface area contributed by atoms with Crippen LogP contribution in [0.5, 0.6) is 0 Å². The van der Waals surface area contributed by atoms with E-state index in [0.717, 1.165) is 39.1 Å². The highest BCUT2D eigenvalue weighted by Gasteiger charge is 2.11. The second-order valence-corrected chi connectivity index (χ2v) is 3.47. The monoisotopic (exact) mass is 172 g/mol. The van der Waals surface area contributed by atoms with Crippen molar-refractivity contribution in [1.29, 1.82) is 0 Å². The lowest BCUT2D eigenvalue weighted by molar-refractivity contribution is 0.113. The molecule has 0 spiro atoms. The molecule has 1 aliphatic rings. The summed E-state index contributed by atoms with van der Waals surface area (Å²) in [6.07, 6.45) is 1.93. The number of rotatable bonds is 3. The number of nitrogens with zero attached hydrogens (tertiary/aromatic N) is 1. The van der Waals surface area contributed by atoms with Crippen LogP contribution in [-0.4, -0.2) is 48.8 Å². The summed E-state index contributed by atoms with van der Waals surface area (Å²) in [5.41, 5.74) is 0. The van der Waals surface area contributed by atoms with Gasteiger partial charge in [-0.15, -0.1) is 0 Å². The lowest BCUT2D eigenvalue weighted by Gasteiger charge is -2.21. The third kappa shape index (κ3) is 3.52. The normalized spacial score (nSPS) is 23.5. The van der Waals surface area contributed by atoms with Crippen molar-refractivity contribution < 1.29 is 5.11 Å². The number of hydrogen-bond acceptors (Lipinski definition) is 3. The predicted molar refractivity (Wildman–Crippen MR) is 50.2 cm³/mol. The lowest BCUT2D eigenvalue weighted by Crippen LogP contribution is -2.34. The third-order valence-corrected chi connectivity index (χ3v) is 2.37. The highest BCUT2D eigenvalue weighted by atomic mass is 16.3. The van der Waals surface area contributed by atoms with Crippen molar-refractivity contribution in [3.63, 3.8) is 0 Å². The Labute approximate surface area is 74.8 Å². The maximum Gasteiger partial charge on any atom is 0.0664 e. The molecule has 3 nitrogen and oxygen atoms in total. The van der Waals surface area contributed by atoms with Gasteiger partial charge >= 0.3 is 0 Å². The van der Waals surface area contributed by atoms with Gasteiger partial charge in [0, 0.05) is 19.6 Å². The van der Waals surface area contributed by atoms with Crippen molar-refractivity contribution in [2.45, 2.75) is 25.9 Å². The van der Waals surface area contributed by atoms with E-state index in [0.29, 0.717) is 0 Å². The van der Waals surface area contributed by atoms with Crippen LogP contribution in [0.3, 0.4) is 0 Å². The zero-order chi connectivity index (χ0) is 8.81. The van der Waals surface area contributed by atoms with Gasteiger partial charge in [0.25, 0.3) is 0 Å². The van der Waals surface area contributed by atoms with Gasteiger partial charge in [-0.05, 0) is 25.9 Å². The van der Waals surface area contributed by atoms with Gasteiger partial charge in [0.2, 0.25) is 0 Å². The maximum absolute atomic E-state index is 9.44. The lowest BCUT2D eigenvalue weighted by atomic mass is 10.2. The minimum atomic E-state index is -0.136. The molecule has 3 heteroatoms. The Bertz CT molecular complexity index is 111. The van der Waals surface area contributed by atoms with E-state index in [9.17, 15) is 5.11 Å². The minimum absolute atomic E-state index is 0.136. The average Bonchev–Trinajstić information content (AvgIpc) is 2.33. The van der Waals surface area contributed by atoms with Gasteiger partial charge < -0.3 is 10.4 Å². The van der Waals surface area contributed by atoms with Crippen molar-refractivity contribution in [3.8, 4) is 0 Å². The fraction of sp³-hybridized carbons (Fsp3) is 1.00. The van der Waals surface area contributed by atoms with Crippen molar-refractivity contribution in [2.75, 3.05) is 32.7 Å². The van der Waals surface area contributed by atoms with Gasteiger partial charge in [-0.2, -0.15) is 0 Å². The van der Waals surface area contributed by atoms with E-state index in [-0.39, 0.29) is 6.10 Å².